The summed E-state index contributed by atoms with van der Waals surface area (Å²) in [5.74, 6) is 0.447. The number of aliphatic hydroxyl groups excluding tert-OH is 1. The van der Waals surface area contributed by atoms with E-state index in [-0.39, 0.29) is 12.6 Å². The average molecular weight is 223 g/mol. The van der Waals surface area contributed by atoms with Gasteiger partial charge < -0.3 is 15.2 Å². The second kappa shape index (κ2) is 7.39. The predicted molar refractivity (Wildman–Crippen MR) is 65.3 cm³/mol. The lowest BCUT2D eigenvalue weighted by atomic mass is 10.1. The molecule has 1 aromatic rings. The summed E-state index contributed by atoms with van der Waals surface area (Å²) < 4.78 is 5.07. The molecule has 2 N–H and O–H groups in total. The largest absolute Gasteiger partial charge is 0.394 e. The Labute approximate surface area is 97.4 Å². The standard InChI is InChI=1S/C13H21NO2/c1-11(10-16-2)8-14-13(9-15)12-6-4-3-5-7-12/h3-7,11,13-15H,8-10H2,1-2H3/t11?,13-/m0/s1. The van der Waals surface area contributed by atoms with Gasteiger partial charge >= 0.3 is 0 Å². The van der Waals surface area contributed by atoms with Crippen molar-refractivity contribution in [3.05, 3.63) is 35.9 Å². The Kier molecular flexibility index (Phi) is 6.08. The lowest BCUT2D eigenvalue weighted by Crippen LogP contribution is -2.30. The van der Waals surface area contributed by atoms with Gasteiger partial charge in [0.05, 0.1) is 12.6 Å². The zero-order chi connectivity index (χ0) is 11.8. The number of nitrogens with one attached hydrogen (secondary N) is 1. The lowest BCUT2D eigenvalue weighted by Gasteiger charge is -2.19. The van der Waals surface area contributed by atoms with Crippen molar-refractivity contribution < 1.29 is 9.84 Å². The molecule has 0 radical (unpaired) electrons. The predicted octanol–water partition coefficient (Wildman–Crippen LogP) is 1.59. The van der Waals surface area contributed by atoms with Crippen LogP contribution in [0.3, 0.4) is 0 Å². The maximum atomic E-state index is 9.33. The number of rotatable bonds is 7. The molecule has 0 bridgehead atoms. The number of hydrogen-bond acceptors (Lipinski definition) is 3. The van der Waals surface area contributed by atoms with Crippen molar-refractivity contribution in [2.75, 3.05) is 26.9 Å². The summed E-state index contributed by atoms with van der Waals surface area (Å²) in [5, 5.41) is 12.7. The Morgan fingerprint density at radius 3 is 2.56 bits per heavy atom. The Bertz CT molecular complexity index is 277. The first-order valence-corrected chi connectivity index (χ1v) is 5.66. The molecule has 1 unspecified atom stereocenters. The first-order chi connectivity index (χ1) is 7.77. The maximum absolute atomic E-state index is 9.33. The van der Waals surface area contributed by atoms with Gasteiger partial charge in [0.25, 0.3) is 0 Å². The van der Waals surface area contributed by atoms with Crippen molar-refractivity contribution in [1.29, 1.82) is 0 Å². The zero-order valence-electron chi connectivity index (χ0n) is 10.0. The fraction of sp³-hybridized carbons (Fsp3) is 0.538. The van der Waals surface area contributed by atoms with Crippen LogP contribution in [0, 0.1) is 5.92 Å². The molecule has 0 fully saturated rings. The number of benzene rings is 1. The molecule has 0 saturated carbocycles. The van der Waals surface area contributed by atoms with Crippen LogP contribution in [-0.4, -0.2) is 32.0 Å². The van der Waals surface area contributed by atoms with E-state index in [0.29, 0.717) is 5.92 Å². The van der Waals surface area contributed by atoms with Crippen LogP contribution in [-0.2, 0) is 4.74 Å². The van der Waals surface area contributed by atoms with Crippen LogP contribution >= 0.6 is 0 Å². The normalized spacial score (nSPS) is 14.7. The summed E-state index contributed by atoms with van der Waals surface area (Å²) in [4.78, 5) is 0. The van der Waals surface area contributed by atoms with Gasteiger partial charge in [-0.05, 0) is 11.5 Å². The molecule has 1 rings (SSSR count). The topological polar surface area (TPSA) is 41.5 Å². The van der Waals surface area contributed by atoms with Crippen molar-refractivity contribution in [2.24, 2.45) is 5.92 Å². The molecule has 0 amide bonds. The average Bonchev–Trinajstić information content (AvgIpc) is 2.31. The van der Waals surface area contributed by atoms with E-state index in [1.165, 1.54) is 0 Å². The summed E-state index contributed by atoms with van der Waals surface area (Å²) in [5.41, 5.74) is 1.12. The Balaban J connectivity index is 2.44. The molecule has 3 nitrogen and oxygen atoms in total. The monoisotopic (exact) mass is 223 g/mol. The fourth-order valence-electron chi connectivity index (χ4n) is 1.66. The molecule has 3 heteroatoms. The number of aliphatic hydroxyl groups is 1. The first-order valence-electron chi connectivity index (χ1n) is 5.66. The highest BCUT2D eigenvalue weighted by atomic mass is 16.5. The van der Waals surface area contributed by atoms with Gasteiger partial charge in [-0.2, -0.15) is 0 Å². The van der Waals surface area contributed by atoms with Gasteiger partial charge in [-0.25, -0.2) is 0 Å². The van der Waals surface area contributed by atoms with Crippen LogP contribution in [0.15, 0.2) is 30.3 Å². The van der Waals surface area contributed by atoms with Gasteiger partial charge in [-0.3, -0.25) is 0 Å². The van der Waals surface area contributed by atoms with E-state index in [1.807, 2.05) is 30.3 Å². The molecule has 0 saturated heterocycles. The molecular formula is C13H21NO2. The van der Waals surface area contributed by atoms with Gasteiger partial charge in [0.1, 0.15) is 0 Å². The highest BCUT2D eigenvalue weighted by molar-refractivity contribution is 5.18. The highest BCUT2D eigenvalue weighted by Gasteiger charge is 2.10. The molecule has 0 heterocycles. The third kappa shape index (κ3) is 4.31. The summed E-state index contributed by atoms with van der Waals surface area (Å²) in [6.45, 7) is 3.81. The van der Waals surface area contributed by atoms with Gasteiger partial charge in [0.15, 0.2) is 0 Å². The van der Waals surface area contributed by atoms with E-state index in [1.54, 1.807) is 7.11 Å². The van der Waals surface area contributed by atoms with Crippen LogP contribution in [0.4, 0.5) is 0 Å². The zero-order valence-corrected chi connectivity index (χ0v) is 10.0. The Hall–Kier alpha value is -0.900. The summed E-state index contributed by atoms with van der Waals surface area (Å²) in [6, 6.07) is 10.0. The van der Waals surface area contributed by atoms with Crippen LogP contribution in [0.5, 0.6) is 0 Å². The Morgan fingerprint density at radius 2 is 2.00 bits per heavy atom. The molecule has 16 heavy (non-hydrogen) atoms. The number of methoxy groups -OCH3 is 1. The number of ether oxygens (including phenoxy) is 1. The molecule has 0 aromatic heterocycles. The third-order valence-corrected chi connectivity index (χ3v) is 2.55. The van der Waals surface area contributed by atoms with Crippen molar-refractivity contribution in [3.63, 3.8) is 0 Å². The SMILES string of the molecule is COCC(C)CN[C@@H](CO)c1ccccc1. The van der Waals surface area contributed by atoms with Gasteiger partial charge in [0, 0.05) is 20.3 Å². The first kappa shape index (κ1) is 13.2. The molecule has 0 aliphatic rings. The Morgan fingerprint density at radius 1 is 1.31 bits per heavy atom. The minimum atomic E-state index is 0.0144. The maximum Gasteiger partial charge on any atom is 0.0626 e. The quantitative estimate of drug-likeness (QED) is 0.737. The van der Waals surface area contributed by atoms with Crippen molar-refractivity contribution in [2.45, 2.75) is 13.0 Å². The van der Waals surface area contributed by atoms with Gasteiger partial charge in [0.2, 0.25) is 0 Å². The summed E-state index contributed by atoms with van der Waals surface area (Å²) in [6.07, 6.45) is 0. The lowest BCUT2D eigenvalue weighted by molar-refractivity contribution is 0.153. The summed E-state index contributed by atoms with van der Waals surface area (Å²) >= 11 is 0. The second-order valence-corrected chi connectivity index (χ2v) is 4.11. The van der Waals surface area contributed by atoms with E-state index in [9.17, 15) is 5.11 Å². The molecule has 2 atom stereocenters. The van der Waals surface area contributed by atoms with E-state index in [2.05, 4.69) is 12.2 Å². The van der Waals surface area contributed by atoms with Crippen molar-refractivity contribution >= 4 is 0 Å². The fourth-order valence-corrected chi connectivity index (χ4v) is 1.66. The van der Waals surface area contributed by atoms with Crippen LogP contribution in [0.1, 0.15) is 18.5 Å². The highest BCUT2D eigenvalue weighted by Crippen LogP contribution is 2.11. The molecular weight excluding hydrogens is 202 g/mol. The van der Waals surface area contributed by atoms with E-state index in [4.69, 9.17) is 4.74 Å². The molecule has 0 spiro atoms. The number of hydrogen-bond donors (Lipinski definition) is 2. The second-order valence-electron chi connectivity index (χ2n) is 4.11. The van der Waals surface area contributed by atoms with Crippen molar-refractivity contribution in [1.82, 2.24) is 5.32 Å². The molecule has 90 valence electrons. The van der Waals surface area contributed by atoms with Crippen LogP contribution in [0.2, 0.25) is 0 Å². The van der Waals surface area contributed by atoms with E-state index in [0.717, 1.165) is 18.7 Å². The minimum absolute atomic E-state index is 0.0144. The minimum Gasteiger partial charge on any atom is -0.394 e. The van der Waals surface area contributed by atoms with Crippen molar-refractivity contribution in [3.8, 4) is 0 Å². The molecule has 0 aliphatic carbocycles. The van der Waals surface area contributed by atoms with Gasteiger partial charge in [-0.1, -0.05) is 37.3 Å². The summed E-state index contributed by atoms with van der Waals surface area (Å²) in [7, 11) is 1.71. The van der Waals surface area contributed by atoms with Crippen LogP contribution in [0.25, 0.3) is 0 Å². The molecule has 1 aromatic carbocycles. The molecule has 0 aliphatic heterocycles. The van der Waals surface area contributed by atoms with Crippen LogP contribution < -0.4 is 5.32 Å². The smallest absolute Gasteiger partial charge is 0.0626 e. The van der Waals surface area contributed by atoms with Gasteiger partial charge in [-0.15, -0.1) is 0 Å². The third-order valence-electron chi connectivity index (χ3n) is 2.55. The van der Waals surface area contributed by atoms with E-state index < -0.39 is 0 Å². The van der Waals surface area contributed by atoms with E-state index >= 15 is 0 Å².